The van der Waals surface area contributed by atoms with Gasteiger partial charge in [0.15, 0.2) is 0 Å². The summed E-state index contributed by atoms with van der Waals surface area (Å²) in [4.78, 5) is 0. The van der Waals surface area contributed by atoms with E-state index in [1.54, 1.807) is 0 Å². The van der Waals surface area contributed by atoms with E-state index in [9.17, 15) is 0 Å². The van der Waals surface area contributed by atoms with E-state index < -0.39 is 0 Å². The van der Waals surface area contributed by atoms with Crippen molar-refractivity contribution in [1.82, 2.24) is 5.32 Å². The number of furan rings is 1. The minimum atomic E-state index is 0.610. The third kappa shape index (κ3) is 4.81. The normalized spacial score (nSPS) is 11.3. The quantitative estimate of drug-likeness (QED) is 0.724. The second-order valence-corrected chi connectivity index (χ2v) is 4.58. The summed E-state index contributed by atoms with van der Waals surface area (Å²) < 4.78 is 10.9. The van der Waals surface area contributed by atoms with Gasteiger partial charge in [-0.15, -0.1) is 0 Å². The first-order valence-corrected chi connectivity index (χ1v) is 5.94. The molecule has 1 rings (SSSR count). The van der Waals surface area contributed by atoms with Crippen molar-refractivity contribution in [3.63, 3.8) is 0 Å². The molecule has 0 atom stereocenters. The highest BCUT2D eigenvalue weighted by molar-refractivity contribution is 5.19. The Morgan fingerprint density at radius 3 is 2.69 bits per heavy atom. The topological polar surface area (TPSA) is 34.4 Å². The maximum atomic E-state index is 5.48. The third-order valence-corrected chi connectivity index (χ3v) is 2.33. The molecule has 1 aromatic heterocycles. The van der Waals surface area contributed by atoms with Gasteiger partial charge in [-0.3, -0.25) is 0 Å². The molecule has 1 heterocycles. The molecule has 0 bridgehead atoms. The van der Waals surface area contributed by atoms with E-state index in [1.807, 2.05) is 13.8 Å². The van der Waals surface area contributed by atoms with Crippen LogP contribution in [-0.2, 0) is 11.3 Å². The molecular weight excluding hydrogens is 202 g/mol. The zero-order valence-corrected chi connectivity index (χ0v) is 10.8. The van der Waals surface area contributed by atoms with Gasteiger partial charge in [0.25, 0.3) is 0 Å². The summed E-state index contributed by atoms with van der Waals surface area (Å²) in [5.74, 6) is 2.59. The Hall–Kier alpha value is -0.800. The summed E-state index contributed by atoms with van der Waals surface area (Å²) in [5.41, 5.74) is 1.24. The summed E-state index contributed by atoms with van der Waals surface area (Å²) in [5, 5.41) is 3.34. The highest BCUT2D eigenvalue weighted by atomic mass is 16.5. The molecule has 0 aliphatic heterocycles. The Morgan fingerprint density at radius 2 is 2.12 bits per heavy atom. The smallest absolute Gasteiger partial charge is 0.105 e. The van der Waals surface area contributed by atoms with Gasteiger partial charge in [0, 0.05) is 25.3 Å². The number of rotatable bonds is 7. The van der Waals surface area contributed by atoms with Crippen LogP contribution in [0.1, 0.15) is 30.9 Å². The number of hydrogen-bond donors (Lipinski definition) is 1. The van der Waals surface area contributed by atoms with E-state index in [0.717, 1.165) is 37.8 Å². The van der Waals surface area contributed by atoms with Crippen LogP contribution in [0, 0.1) is 19.8 Å². The van der Waals surface area contributed by atoms with Crippen molar-refractivity contribution in [1.29, 1.82) is 0 Å². The fraction of sp³-hybridized carbons (Fsp3) is 0.692. The molecule has 0 aliphatic rings. The van der Waals surface area contributed by atoms with Gasteiger partial charge in [-0.1, -0.05) is 13.8 Å². The van der Waals surface area contributed by atoms with E-state index >= 15 is 0 Å². The lowest BCUT2D eigenvalue weighted by molar-refractivity contribution is 0.111. The fourth-order valence-corrected chi connectivity index (χ4v) is 1.55. The maximum Gasteiger partial charge on any atom is 0.105 e. The summed E-state index contributed by atoms with van der Waals surface area (Å²) >= 11 is 0. The standard InChI is InChI=1S/C13H23NO2/c1-10(2)9-15-6-5-14-8-13-7-11(3)16-12(13)4/h7,10,14H,5-6,8-9H2,1-4H3. The average Bonchev–Trinajstić information content (AvgIpc) is 2.50. The van der Waals surface area contributed by atoms with E-state index in [-0.39, 0.29) is 0 Å². The van der Waals surface area contributed by atoms with Crippen LogP contribution >= 0.6 is 0 Å². The molecule has 0 aromatic carbocycles. The molecule has 0 radical (unpaired) electrons. The molecular formula is C13H23NO2. The number of ether oxygens (including phenoxy) is 1. The lowest BCUT2D eigenvalue weighted by atomic mass is 10.2. The Balaban J connectivity index is 2.09. The molecule has 1 aromatic rings. The van der Waals surface area contributed by atoms with Crippen LogP contribution in [0.25, 0.3) is 0 Å². The zero-order valence-electron chi connectivity index (χ0n) is 10.8. The van der Waals surface area contributed by atoms with Gasteiger partial charge < -0.3 is 14.5 Å². The molecule has 0 spiro atoms. The molecule has 0 fully saturated rings. The minimum absolute atomic E-state index is 0.610. The molecule has 0 amide bonds. The van der Waals surface area contributed by atoms with Crippen LogP contribution < -0.4 is 5.32 Å². The van der Waals surface area contributed by atoms with Gasteiger partial charge in [0.1, 0.15) is 11.5 Å². The summed E-state index contributed by atoms with van der Waals surface area (Å²) in [7, 11) is 0. The van der Waals surface area contributed by atoms with Crippen LogP contribution in [0.15, 0.2) is 10.5 Å². The SMILES string of the molecule is Cc1cc(CNCCOCC(C)C)c(C)o1. The molecule has 1 N–H and O–H groups in total. The van der Waals surface area contributed by atoms with Gasteiger partial charge in [-0.05, 0) is 25.8 Å². The van der Waals surface area contributed by atoms with Gasteiger partial charge in [-0.2, -0.15) is 0 Å². The molecule has 3 nitrogen and oxygen atoms in total. The molecule has 16 heavy (non-hydrogen) atoms. The van der Waals surface area contributed by atoms with E-state index in [2.05, 4.69) is 25.2 Å². The Kier molecular flexibility index (Phi) is 5.56. The van der Waals surface area contributed by atoms with Gasteiger partial charge in [0.05, 0.1) is 6.61 Å². The summed E-state index contributed by atoms with van der Waals surface area (Å²) in [6, 6.07) is 2.08. The van der Waals surface area contributed by atoms with Crippen molar-refractivity contribution in [2.75, 3.05) is 19.8 Å². The van der Waals surface area contributed by atoms with Crippen LogP contribution in [0.4, 0.5) is 0 Å². The van der Waals surface area contributed by atoms with Crippen molar-refractivity contribution in [2.45, 2.75) is 34.2 Å². The van der Waals surface area contributed by atoms with E-state index in [0.29, 0.717) is 5.92 Å². The molecule has 0 aliphatic carbocycles. The van der Waals surface area contributed by atoms with Crippen LogP contribution in [0.2, 0.25) is 0 Å². The largest absolute Gasteiger partial charge is 0.466 e. The molecule has 92 valence electrons. The molecule has 3 heteroatoms. The van der Waals surface area contributed by atoms with Crippen molar-refractivity contribution >= 4 is 0 Å². The van der Waals surface area contributed by atoms with Crippen LogP contribution in [0.5, 0.6) is 0 Å². The Bertz CT molecular complexity index is 305. The first kappa shape index (κ1) is 13.3. The summed E-state index contributed by atoms with van der Waals surface area (Å²) in [6.07, 6.45) is 0. The lowest BCUT2D eigenvalue weighted by Crippen LogP contribution is -2.20. The lowest BCUT2D eigenvalue weighted by Gasteiger charge is -2.07. The van der Waals surface area contributed by atoms with E-state index in [1.165, 1.54) is 5.56 Å². The van der Waals surface area contributed by atoms with Crippen molar-refractivity contribution in [3.05, 3.63) is 23.2 Å². The van der Waals surface area contributed by atoms with Gasteiger partial charge >= 0.3 is 0 Å². The van der Waals surface area contributed by atoms with Crippen LogP contribution in [0.3, 0.4) is 0 Å². The maximum absolute atomic E-state index is 5.48. The zero-order chi connectivity index (χ0) is 12.0. The Morgan fingerprint density at radius 1 is 1.38 bits per heavy atom. The first-order chi connectivity index (χ1) is 7.59. The first-order valence-electron chi connectivity index (χ1n) is 5.94. The highest BCUT2D eigenvalue weighted by Gasteiger charge is 2.03. The average molecular weight is 225 g/mol. The predicted octanol–water partition coefficient (Wildman–Crippen LogP) is 2.66. The second kappa shape index (κ2) is 6.71. The second-order valence-electron chi connectivity index (χ2n) is 4.58. The highest BCUT2D eigenvalue weighted by Crippen LogP contribution is 2.12. The van der Waals surface area contributed by atoms with Gasteiger partial charge in [0.2, 0.25) is 0 Å². The third-order valence-electron chi connectivity index (χ3n) is 2.33. The van der Waals surface area contributed by atoms with Crippen LogP contribution in [-0.4, -0.2) is 19.8 Å². The number of aryl methyl sites for hydroxylation is 2. The van der Waals surface area contributed by atoms with Gasteiger partial charge in [-0.25, -0.2) is 0 Å². The summed E-state index contributed by atoms with van der Waals surface area (Å²) in [6.45, 7) is 11.6. The monoisotopic (exact) mass is 225 g/mol. The molecule has 0 saturated carbocycles. The van der Waals surface area contributed by atoms with Crippen molar-refractivity contribution in [2.24, 2.45) is 5.92 Å². The molecule has 0 unspecified atom stereocenters. The molecule has 0 saturated heterocycles. The van der Waals surface area contributed by atoms with E-state index in [4.69, 9.17) is 9.15 Å². The number of nitrogens with one attached hydrogen (secondary N) is 1. The number of hydrogen-bond acceptors (Lipinski definition) is 3. The minimum Gasteiger partial charge on any atom is -0.466 e. The predicted molar refractivity (Wildman–Crippen MR) is 65.5 cm³/mol. The van der Waals surface area contributed by atoms with Crippen molar-refractivity contribution in [3.8, 4) is 0 Å². The Labute approximate surface area is 98.2 Å². The fourth-order valence-electron chi connectivity index (χ4n) is 1.55. The van der Waals surface area contributed by atoms with Crippen molar-refractivity contribution < 1.29 is 9.15 Å².